The van der Waals surface area contributed by atoms with Gasteiger partial charge in [-0.1, -0.05) is 26.2 Å². The summed E-state index contributed by atoms with van der Waals surface area (Å²) in [4.78, 5) is 14.7. The van der Waals surface area contributed by atoms with Crippen LogP contribution in [0.15, 0.2) is 0 Å². The molecule has 1 heterocycles. The first-order chi connectivity index (χ1) is 9.70. The van der Waals surface area contributed by atoms with Gasteiger partial charge in [-0.3, -0.25) is 4.79 Å². The number of nitrogens with one attached hydrogen (secondary N) is 2. The predicted octanol–water partition coefficient (Wildman–Crippen LogP) is 1.76. The summed E-state index contributed by atoms with van der Waals surface area (Å²) in [6.45, 7) is 5.07. The first-order valence-corrected chi connectivity index (χ1v) is 8.39. The van der Waals surface area contributed by atoms with Crippen LogP contribution in [0, 0.1) is 5.92 Å². The summed E-state index contributed by atoms with van der Waals surface area (Å²) >= 11 is 0. The minimum atomic E-state index is 0.0661. The predicted molar refractivity (Wildman–Crippen MR) is 82.7 cm³/mol. The van der Waals surface area contributed by atoms with Gasteiger partial charge in [-0.25, -0.2) is 0 Å². The Hall–Kier alpha value is -0.610. The van der Waals surface area contributed by atoms with Crippen molar-refractivity contribution in [1.29, 1.82) is 0 Å². The van der Waals surface area contributed by atoms with E-state index >= 15 is 0 Å². The van der Waals surface area contributed by atoms with Gasteiger partial charge < -0.3 is 15.5 Å². The molecule has 1 aliphatic heterocycles. The first-order valence-electron chi connectivity index (χ1n) is 8.39. The Labute approximate surface area is 123 Å². The molecule has 0 aromatic carbocycles. The second-order valence-electron chi connectivity index (χ2n) is 6.57. The Kier molecular flexibility index (Phi) is 6.30. The number of hydrogen-bond acceptors (Lipinski definition) is 3. The van der Waals surface area contributed by atoms with E-state index in [0.717, 1.165) is 38.5 Å². The molecule has 1 atom stereocenters. The van der Waals surface area contributed by atoms with Crippen LogP contribution in [-0.2, 0) is 4.79 Å². The van der Waals surface area contributed by atoms with E-state index in [1.807, 2.05) is 14.0 Å². The number of nitrogens with zero attached hydrogens (tertiary/aromatic N) is 1. The fraction of sp³-hybridized carbons (Fsp3) is 0.938. The van der Waals surface area contributed by atoms with Crippen molar-refractivity contribution < 1.29 is 4.79 Å². The molecular formula is C16H31N3O. The van der Waals surface area contributed by atoms with Gasteiger partial charge in [0.05, 0.1) is 0 Å². The number of piperidine rings is 1. The minimum Gasteiger partial charge on any atom is -0.353 e. The molecule has 1 aliphatic carbocycles. The lowest BCUT2D eigenvalue weighted by Crippen LogP contribution is -2.49. The number of rotatable bonds is 5. The lowest BCUT2D eigenvalue weighted by atomic mass is 9.92. The number of carbonyl (C=O) groups is 1. The van der Waals surface area contributed by atoms with E-state index in [1.165, 1.54) is 32.1 Å². The van der Waals surface area contributed by atoms with Gasteiger partial charge >= 0.3 is 0 Å². The highest BCUT2D eigenvalue weighted by Crippen LogP contribution is 2.25. The van der Waals surface area contributed by atoms with Crippen molar-refractivity contribution in [3.8, 4) is 0 Å². The van der Waals surface area contributed by atoms with Gasteiger partial charge in [-0.2, -0.15) is 0 Å². The molecule has 2 N–H and O–H groups in total. The zero-order valence-electron chi connectivity index (χ0n) is 13.2. The second kappa shape index (κ2) is 7.99. The van der Waals surface area contributed by atoms with Crippen LogP contribution in [-0.4, -0.2) is 49.6 Å². The molecule has 20 heavy (non-hydrogen) atoms. The van der Waals surface area contributed by atoms with Gasteiger partial charge in [-0.15, -0.1) is 0 Å². The summed E-state index contributed by atoms with van der Waals surface area (Å²) in [5.74, 6) is 0.270. The van der Waals surface area contributed by atoms with E-state index in [-0.39, 0.29) is 11.8 Å². The lowest BCUT2D eigenvalue weighted by Gasteiger charge is -2.39. The van der Waals surface area contributed by atoms with E-state index in [9.17, 15) is 4.79 Å². The average molecular weight is 281 g/mol. The largest absolute Gasteiger partial charge is 0.353 e. The Balaban J connectivity index is 1.69. The van der Waals surface area contributed by atoms with E-state index in [2.05, 4.69) is 15.5 Å². The summed E-state index contributed by atoms with van der Waals surface area (Å²) in [7, 11) is 1.90. The summed E-state index contributed by atoms with van der Waals surface area (Å²) in [5.41, 5.74) is 0. The summed E-state index contributed by atoms with van der Waals surface area (Å²) < 4.78 is 0. The molecule has 1 saturated carbocycles. The van der Waals surface area contributed by atoms with Gasteiger partial charge in [0, 0.05) is 37.6 Å². The van der Waals surface area contributed by atoms with Crippen LogP contribution in [0.2, 0.25) is 0 Å². The van der Waals surface area contributed by atoms with Gasteiger partial charge in [0.25, 0.3) is 0 Å². The third kappa shape index (κ3) is 4.45. The number of amides is 1. The van der Waals surface area contributed by atoms with Crippen LogP contribution >= 0.6 is 0 Å². The molecule has 4 nitrogen and oxygen atoms in total. The smallest absolute Gasteiger partial charge is 0.224 e. The zero-order chi connectivity index (χ0) is 14.4. The standard InChI is InChI=1S/C16H31N3O/c1-13(12-17-2)16(20)18-14-8-10-19(11-9-14)15-6-4-3-5-7-15/h13-15,17H,3-12H2,1-2H3,(H,18,20). The fourth-order valence-electron chi connectivity index (χ4n) is 3.60. The van der Waals surface area contributed by atoms with Gasteiger partial charge in [-0.05, 0) is 32.7 Å². The highest BCUT2D eigenvalue weighted by atomic mass is 16.1. The summed E-state index contributed by atoms with van der Waals surface area (Å²) in [6.07, 6.45) is 9.24. The SMILES string of the molecule is CNCC(C)C(=O)NC1CCN(C2CCCCC2)CC1. The summed E-state index contributed by atoms with van der Waals surface area (Å²) in [6, 6.07) is 1.21. The Bertz CT molecular complexity index is 294. The molecule has 0 aromatic rings. The van der Waals surface area contributed by atoms with Crippen LogP contribution in [0.5, 0.6) is 0 Å². The molecule has 1 unspecified atom stereocenters. The molecule has 2 rings (SSSR count). The van der Waals surface area contributed by atoms with Crippen molar-refractivity contribution in [2.24, 2.45) is 5.92 Å². The number of likely N-dealkylation sites (tertiary alicyclic amines) is 1. The zero-order valence-corrected chi connectivity index (χ0v) is 13.2. The first kappa shape index (κ1) is 15.8. The molecule has 0 bridgehead atoms. The monoisotopic (exact) mass is 281 g/mol. The molecule has 0 radical (unpaired) electrons. The van der Waals surface area contributed by atoms with Crippen LogP contribution in [0.1, 0.15) is 51.9 Å². The average Bonchev–Trinajstić information content (AvgIpc) is 2.49. The Morgan fingerprint density at radius 1 is 1.15 bits per heavy atom. The molecule has 0 aromatic heterocycles. The third-order valence-corrected chi connectivity index (χ3v) is 4.92. The molecule has 2 fully saturated rings. The molecule has 2 aliphatic rings. The highest BCUT2D eigenvalue weighted by molar-refractivity contribution is 5.78. The second-order valence-corrected chi connectivity index (χ2v) is 6.57. The van der Waals surface area contributed by atoms with Crippen molar-refractivity contribution in [1.82, 2.24) is 15.5 Å². The van der Waals surface area contributed by atoms with Crippen molar-refractivity contribution in [2.45, 2.75) is 64.0 Å². The number of carbonyl (C=O) groups excluding carboxylic acids is 1. The highest BCUT2D eigenvalue weighted by Gasteiger charge is 2.27. The fourth-order valence-corrected chi connectivity index (χ4v) is 3.60. The van der Waals surface area contributed by atoms with Crippen molar-refractivity contribution >= 4 is 5.91 Å². The molecule has 1 saturated heterocycles. The topological polar surface area (TPSA) is 44.4 Å². The number of hydrogen-bond donors (Lipinski definition) is 2. The van der Waals surface area contributed by atoms with Crippen LogP contribution in [0.4, 0.5) is 0 Å². The minimum absolute atomic E-state index is 0.0661. The molecule has 0 spiro atoms. The van der Waals surface area contributed by atoms with E-state index < -0.39 is 0 Å². The molecular weight excluding hydrogens is 250 g/mol. The Morgan fingerprint density at radius 2 is 1.80 bits per heavy atom. The van der Waals surface area contributed by atoms with E-state index in [0.29, 0.717) is 6.04 Å². The summed E-state index contributed by atoms with van der Waals surface area (Å²) in [5, 5.41) is 6.29. The van der Waals surface area contributed by atoms with Crippen LogP contribution < -0.4 is 10.6 Å². The normalized spacial score (nSPS) is 24.5. The van der Waals surface area contributed by atoms with Crippen molar-refractivity contribution in [3.63, 3.8) is 0 Å². The van der Waals surface area contributed by atoms with Crippen molar-refractivity contribution in [2.75, 3.05) is 26.7 Å². The third-order valence-electron chi connectivity index (χ3n) is 4.92. The quantitative estimate of drug-likeness (QED) is 0.807. The van der Waals surface area contributed by atoms with Gasteiger partial charge in [0.1, 0.15) is 0 Å². The van der Waals surface area contributed by atoms with Gasteiger partial charge in [0.15, 0.2) is 0 Å². The van der Waals surface area contributed by atoms with Crippen LogP contribution in [0.3, 0.4) is 0 Å². The Morgan fingerprint density at radius 3 is 2.40 bits per heavy atom. The maximum atomic E-state index is 12.0. The van der Waals surface area contributed by atoms with Gasteiger partial charge in [0.2, 0.25) is 5.91 Å². The maximum absolute atomic E-state index is 12.0. The molecule has 116 valence electrons. The molecule has 1 amide bonds. The van der Waals surface area contributed by atoms with Crippen LogP contribution in [0.25, 0.3) is 0 Å². The van der Waals surface area contributed by atoms with Crippen molar-refractivity contribution in [3.05, 3.63) is 0 Å². The maximum Gasteiger partial charge on any atom is 0.224 e. The molecule has 4 heteroatoms. The van der Waals surface area contributed by atoms with E-state index in [4.69, 9.17) is 0 Å². The van der Waals surface area contributed by atoms with E-state index in [1.54, 1.807) is 0 Å². The lowest BCUT2D eigenvalue weighted by molar-refractivity contribution is -0.125.